The topological polar surface area (TPSA) is 93.8 Å². The maximum absolute atomic E-state index is 11.9. The van der Waals surface area contributed by atoms with Crippen LogP contribution in [0.5, 0.6) is 5.75 Å². The van der Waals surface area contributed by atoms with Crippen LogP contribution in [0.25, 0.3) is 0 Å². The minimum Gasteiger partial charge on any atom is -0.481 e. The third-order valence-corrected chi connectivity index (χ3v) is 3.24. The average Bonchev–Trinajstić information content (AvgIpc) is 2.57. The van der Waals surface area contributed by atoms with Crippen molar-refractivity contribution < 1.29 is 14.5 Å². The van der Waals surface area contributed by atoms with Crippen LogP contribution in [0.2, 0.25) is 5.02 Å². The highest BCUT2D eigenvalue weighted by Gasteiger charge is 2.14. The summed E-state index contributed by atoms with van der Waals surface area (Å²) in [5.74, 6) is -0.0940. The van der Waals surface area contributed by atoms with Gasteiger partial charge in [-0.05, 0) is 36.8 Å². The fourth-order valence-corrected chi connectivity index (χ4v) is 1.84. The minimum atomic E-state index is -0.811. The number of hydrogen-bond donors (Lipinski definition) is 1. The fraction of sp³-hybridized carbons (Fsp3) is 0.125. The lowest BCUT2D eigenvalue weighted by Crippen LogP contribution is -2.33. The summed E-state index contributed by atoms with van der Waals surface area (Å²) in [6.07, 6.45) is 0.668. The summed E-state index contributed by atoms with van der Waals surface area (Å²) in [6, 6.07) is 12.4. The normalized spacial score (nSPS) is 11.9. The van der Waals surface area contributed by atoms with Gasteiger partial charge < -0.3 is 4.74 Å². The van der Waals surface area contributed by atoms with Crippen LogP contribution in [0.4, 0.5) is 5.69 Å². The van der Waals surface area contributed by atoms with E-state index in [4.69, 9.17) is 16.3 Å². The molecule has 0 aliphatic carbocycles. The molecular formula is C16H14ClN3O4. The Morgan fingerprint density at radius 2 is 1.88 bits per heavy atom. The molecule has 0 aliphatic rings. The van der Waals surface area contributed by atoms with E-state index in [0.717, 1.165) is 5.56 Å². The average molecular weight is 348 g/mol. The summed E-state index contributed by atoms with van der Waals surface area (Å²) in [6.45, 7) is 1.55. The molecule has 2 aromatic carbocycles. The molecule has 2 aromatic rings. The Labute approximate surface area is 143 Å². The van der Waals surface area contributed by atoms with Gasteiger partial charge in [0.25, 0.3) is 11.6 Å². The van der Waals surface area contributed by atoms with Gasteiger partial charge in [0.2, 0.25) is 0 Å². The summed E-state index contributed by atoms with van der Waals surface area (Å²) in [5, 5.41) is 15.0. The lowest BCUT2D eigenvalue weighted by Gasteiger charge is -2.12. The van der Waals surface area contributed by atoms with Gasteiger partial charge >= 0.3 is 0 Å². The molecule has 8 heteroatoms. The summed E-state index contributed by atoms with van der Waals surface area (Å²) >= 11 is 5.77. The largest absolute Gasteiger partial charge is 0.481 e. The second kappa shape index (κ2) is 8.07. The molecule has 0 saturated carbocycles. The Hall–Kier alpha value is -2.93. The van der Waals surface area contributed by atoms with Gasteiger partial charge in [-0.1, -0.05) is 23.7 Å². The van der Waals surface area contributed by atoms with Gasteiger partial charge in [-0.25, -0.2) is 5.43 Å². The highest BCUT2D eigenvalue weighted by molar-refractivity contribution is 6.30. The molecule has 7 nitrogen and oxygen atoms in total. The van der Waals surface area contributed by atoms with E-state index in [1.165, 1.54) is 30.5 Å². The van der Waals surface area contributed by atoms with Crippen molar-refractivity contribution in [1.29, 1.82) is 0 Å². The van der Waals surface area contributed by atoms with Crippen LogP contribution in [-0.4, -0.2) is 23.1 Å². The van der Waals surface area contributed by atoms with Gasteiger partial charge in [-0.2, -0.15) is 5.10 Å². The molecule has 0 bridgehead atoms. The second-order valence-electron chi connectivity index (χ2n) is 4.80. The SMILES string of the molecule is CC(Oc1ccc([N+](=O)[O-])cc1)C(=O)N/N=C/c1ccc(Cl)cc1. The molecule has 2 rings (SSSR count). The first kappa shape index (κ1) is 17.4. The Kier molecular flexibility index (Phi) is 5.86. The van der Waals surface area contributed by atoms with Gasteiger partial charge in [0, 0.05) is 17.2 Å². The highest BCUT2D eigenvalue weighted by atomic mass is 35.5. The maximum Gasteiger partial charge on any atom is 0.280 e. The number of hydrogen-bond acceptors (Lipinski definition) is 5. The van der Waals surface area contributed by atoms with Crippen molar-refractivity contribution in [3.8, 4) is 5.75 Å². The molecule has 1 unspecified atom stereocenters. The number of nitro groups is 1. The molecule has 0 aliphatic heterocycles. The number of nitrogens with one attached hydrogen (secondary N) is 1. The first-order valence-electron chi connectivity index (χ1n) is 6.95. The van der Waals surface area contributed by atoms with Crippen molar-refractivity contribution in [2.24, 2.45) is 5.10 Å². The minimum absolute atomic E-state index is 0.0491. The third-order valence-electron chi connectivity index (χ3n) is 2.99. The van der Waals surface area contributed by atoms with Crippen LogP contribution in [0.3, 0.4) is 0 Å². The molecule has 124 valence electrons. The number of carbonyl (C=O) groups excluding carboxylic acids is 1. The monoisotopic (exact) mass is 347 g/mol. The van der Waals surface area contributed by atoms with E-state index in [1.54, 1.807) is 31.2 Å². The van der Waals surface area contributed by atoms with Gasteiger partial charge in [0.15, 0.2) is 6.10 Å². The standard InChI is InChI=1S/C16H14ClN3O4/c1-11(24-15-8-6-14(7-9-15)20(22)23)16(21)19-18-10-12-2-4-13(17)5-3-12/h2-11H,1H3,(H,19,21)/b18-10+. The number of benzene rings is 2. The van der Waals surface area contributed by atoms with E-state index in [-0.39, 0.29) is 5.69 Å². The zero-order chi connectivity index (χ0) is 17.5. The molecule has 1 amide bonds. The van der Waals surface area contributed by atoms with Gasteiger partial charge in [-0.15, -0.1) is 0 Å². The zero-order valence-electron chi connectivity index (χ0n) is 12.7. The number of nitrogens with zero attached hydrogens (tertiary/aromatic N) is 2. The van der Waals surface area contributed by atoms with Crippen LogP contribution in [0.1, 0.15) is 12.5 Å². The smallest absolute Gasteiger partial charge is 0.280 e. The number of carbonyl (C=O) groups is 1. The predicted molar refractivity (Wildman–Crippen MR) is 90.4 cm³/mol. The molecule has 0 heterocycles. The Morgan fingerprint density at radius 3 is 2.46 bits per heavy atom. The first-order chi connectivity index (χ1) is 11.5. The molecule has 1 N–H and O–H groups in total. The van der Waals surface area contributed by atoms with E-state index in [1.807, 2.05) is 0 Å². The summed E-state index contributed by atoms with van der Waals surface area (Å²) < 4.78 is 5.40. The molecular weight excluding hydrogens is 334 g/mol. The Balaban J connectivity index is 1.87. The van der Waals surface area contributed by atoms with Crippen molar-refractivity contribution in [3.63, 3.8) is 0 Å². The number of amides is 1. The molecule has 0 aromatic heterocycles. The van der Waals surface area contributed by atoms with Crippen molar-refractivity contribution >= 4 is 29.4 Å². The number of ether oxygens (including phenoxy) is 1. The van der Waals surface area contributed by atoms with Crippen LogP contribution in [-0.2, 0) is 4.79 Å². The van der Waals surface area contributed by atoms with Crippen LogP contribution >= 0.6 is 11.6 Å². The lowest BCUT2D eigenvalue weighted by molar-refractivity contribution is -0.384. The molecule has 1 atom stereocenters. The number of nitro benzene ring substituents is 1. The molecule has 0 fully saturated rings. The number of rotatable bonds is 6. The molecule has 0 spiro atoms. The predicted octanol–water partition coefficient (Wildman–Crippen LogP) is 3.17. The summed E-state index contributed by atoms with van der Waals surface area (Å²) in [4.78, 5) is 22.0. The molecule has 24 heavy (non-hydrogen) atoms. The first-order valence-corrected chi connectivity index (χ1v) is 7.33. The van der Waals surface area contributed by atoms with Crippen molar-refractivity contribution in [1.82, 2.24) is 5.43 Å². The molecule has 0 saturated heterocycles. The molecule has 0 radical (unpaired) electrons. The van der Waals surface area contributed by atoms with Crippen molar-refractivity contribution in [3.05, 3.63) is 69.2 Å². The van der Waals surface area contributed by atoms with Crippen molar-refractivity contribution in [2.75, 3.05) is 0 Å². The quantitative estimate of drug-likeness (QED) is 0.493. The number of hydrazone groups is 1. The second-order valence-corrected chi connectivity index (χ2v) is 5.23. The van der Waals surface area contributed by atoms with E-state index in [2.05, 4.69) is 10.5 Å². The highest BCUT2D eigenvalue weighted by Crippen LogP contribution is 2.18. The van der Waals surface area contributed by atoms with Gasteiger partial charge in [0.1, 0.15) is 5.75 Å². The van der Waals surface area contributed by atoms with Gasteiger partial charge in [0.05, 0.1) is 11.1 Å². The van der Waals surface area contributed by atoms with Crippen LogP contribution in [0.15, 0.2) is 53.6 Å². The van der Waals surface area contributed by atoms with Crippen LogP contribution in [0, 0.1) is 10.1 Å². The van der Waals surface area contributed by atoms with Crippen molar-refractivity contribution in [2.45, 2.75) is 13.0 Å². The number of non-ortho nitro benzene ring substituents is 1. The summed E-state index contributed by atoms with van der Waals surface area (Å²) in [5.41, 5.74) is 3.09. The van der Waals surface area contributed by atoms with E-state index < -0.39 is 16.9 Å². The fourth-order valence-electron chi connectivity index (χ4n) is 1.71. The third kappa shape index (κ3) is 5.06. The van der Waals surface area contributed by atoms with Crippen LogP contribution < -0.4 is 10.2 Å². The van der Waals surface area contributed by atoms with Gasteiger partial charge in [-0.3, -0.25) is 14.9 Å². The Bertz CT molecular complexity index is 745. The van der Waals surface area contributed by atoms with E-state index in [0.29, 0.717) is 10.8 Å². The maximum atomic E-state index is 11.9. The van der Waals surface area contributed by atoms with E-state index in [9.17, 15) is 14.9 Å². The Morgan fingerprint density at radius 1 is 1.25 bits per heavy atom. The zero-order valence-corrected chi connectivity index (χ0v) is 13.4. The number of halogens is 1. The lowest BCUT2D eigenvalue weighted by atomic mass is 10.2. The van der Waals surface area contributed by atoms with E-state index >= 15 is 0 Å². The summed E-state index contributed by atoms with van der Waals surface area (Å²) in [7, 11) is 0.